The Labute approximate surface area is 102 Å². The van der Waals surface area contributed by atoms with Crippen LogP contribution in [0.4, 0.5) is 0 Å². The molecule has 0 aromatic heterocycles. The van der Waals surface area contributed by atoms with Crippen LogP contribution in [0.15, 0.2) is 18.2 Å². The Balaban J connectivity index is 1.99. The molecule has 3 rings (SSSR count). The van der Waals surface area contributed by atoms with Gasteiger partial charge in [-0.15, -0.1) is 0 Å². The maximum absolute atomic E-state index is 6.05. The zero-order valence-electron chi connectivity index (χ0n) is 9.54. The number of benzene rings is 1. The summed E-state index contributed by atoms with van der Waals surface area (Å²) in [6.07, 6.45) is 2.39. The summed E-state index contributed by atoms with van der Waals surface area (Å²) in [6.45, 7) is 2.24. The van der Waals surface area contributed by atoms with Crippen molar-refractivity contribution >= 4 is 11.6 Å². The molecule has 2 nitrogen and oxygen atoms in total. The van der Waals surface area contributed by atoms with Gasteiger partial charge in [-0.1, -0.05) is 17.7 Å². The van der Waals surface area contributed by atoms with E-state index in [0.29, 0.717) is 12.1 Å². The summed E-state index contributed by atoms with van der Waals surface area (Å²) < 4.78 is 0. The van der Waals surface area contributed by atoms with Crippen LogP contribution < -0.4 is 5.32 Å². The molecule has 1 saturated heterocycles. The highest BCUT2D eigenvalue weighted by atomic mass is 35.5. The van der Waals surface area contributed by atoms with E-state index < -0.39 is 0 Å². The first-order chi connectivity index (χ1) is 7.75. The SMILES string of the molecule is CN1CCNC2c3ccc(Cl)cc3CCC21. The topological polar surface area (TPSA) is 15.3 Å². The summed E-state index contributed by atoms with van der Waals surface area (Å²) in [5, 5.41) is 4.50. The van der Waals surface area contributed by atoms with Crippen molar-refractivity contribution in [3.8, 4) is 0 Å². The molecule has 16 heavy (non-hydrogen) atoms. The van der Waals surface area contributed by atoms with Gasteiger partial charge >= 0.3 is 0 Å². The Hall–Kier alpha value is -0.570. The minimum atomic E-state index is 0.500. The molecule has 1 aromatic carbocycles. The van der Waals surface area contributed by atoms with Gasteiger partial charge in [-0.2, -0.15) is 0 Å². The van der Waals surface area contributed by atoms with Crippen LogP contribution >= 0.6 is 11.6 Å². The number of fused-ring (bicyclic) bond motifs is 3. The Bertz CT molecular complexity index is 405. The van der Waals surface area contributed by atoms with Crippen LogP contribution in [0.2, 0.25) is 5.02 Å². The van der Waals surface area contributed by atoms with Crippen molar-refractivity contribution < 1.29 is 0 Å². The lowest BCUT2D eigenvalue weighted by molar-refractivity contribution is 0.134. The number of hydrogen-bond donors (Lipinski definition) is 1. The first kappa shape index (κ1) is 10.6. The molecule has 1 fully saturated rings. The molecule has 0 radical (unpaired) electrons. The lowest BCUT2D eigenvalue weighted by Gasteiger charge is -2.43. The van der Waals surface area contributed by atoms with Gasteiger partial charge in [0.1, 0.15) is 0 Å². The van der Waals surface area contributed by atoms with E-state index in [1.165, 1.54) is 17.5 Å². The van der Waals surface area contributed by atoms with E-state index in [4.69, 9.17) is 11.6 Å². The van der Waals surface area contributed by atoms with E-state index in [1.54, 1.807) is 0 Å². The summed E-state index contributed by atoms with van der Waals surface area (Å²) in [5.74, 6) is 0. The average molecular weight is 237 g/mol. The fraction of sp³-hybridized carbons (Fsp3) is 0.538. The Morgan fingerprint density at radius 2 is 2.31 bits per heavy atom. The van der Waals surface area contributed by atoms with Crippen molar-refractivity contribution in [3.63, 3.8) is 0 Å². The number of likely N-dealkylation sites (N-methyl/N-ethyl adjacent to an activating group) is 1. The Morgan fingerprint density at radius 1 is 1.44 bits per heavy atom. The van der Waals surface area contributed by atoms with E-state index >= 15 is 0 Å². The predicted octanol–water partition coefficient (Wildman–Crippen LogP) is 2.23. The summed E-state index contributed by atoms with van der Waals surface area (Å²) in [7, 11) is 2.24. The van der Waals surface area contributed by atoms with Gasteiger partial charge < -0.3 is 10.2 Å². The van der Waals surface area contributed by atoms with Crippen LogP contribution in [0.25, 0.3) is 0 Å². The minimum absolute atomic E-state index is 0.500. The third kappa shape index (κ3) is 1.65. The monoisotopic (exact) mass is 236 g/mol. The normalized spacial score (nSPS) is 29.6. The van der Waals surface area contributed by atoms with Crippen molar-refractivity contribution in [1.82, 2.24) is 10.2 Å². The molecule has 1 aromatic rings. The molecule has 1 heterocycles. The Kier molecular flexibility index (Phi) is 2.66. The fourth-order valence-electron chi connectivity index (χ4n) is 3.05. The second kappa shape index (κ2) is 4.02. The van der Waals surface area contributed by atoms with Gasteiger partial charge in [0, 0.05) is 30.2 Å². The second-order valence-corrected chi connectivity index (χ2v) is 5.30. The summed E-state index contributed by atoms with van der Waals surface area (Å²) in [4.78, 5) is 2.48. The van der Waals surface area contributed by atoms with E-state index in [-0.39, 0.29) is 0 Å². The molecule has 2 unspecified atom stereocenters. The highest BCUT2D eigenvalue weighted by Gasteiger charge is 2.34. The molecule has 0 saturated carbocycles. The van der Waals surface area contributed by atoms with Gasteiger partial charge in [0.25, 0.3) is 0 Å². The molecule has 1 N–H and O–H groups in total. The van der Waals surface area contributed by atoms with Crippen molar-refractivity contribution in [2.24, 2.45) is 0 Å². The van der Waals surface area contributed by atoms with Gasteiger partial charge in [0.15, 0.2) is 0 Å². The van der Waals surface area contributed by atoms with Crippen LogP contribution in [0.3, 0.4) is 0 Å². The Morgan fingerprint density at radius 3 is 3.19 bits per heavy atom. The average Bonchev–Trinajstić information content (AvgIpc) is 2.28. The molecular formula is C13H17ClN2. The van der Waals surface area contributed by atoms with E-state index in [9.17, 15) is 0 Å². The first-order valence-electron chi connectivity index (χ1n) is 5.97. The molecule has 2 aliphatic rings. The molecule has 1 aliphatic carbocycles. The fourth-order valence-corrected chi connectivity index (χ4v) is 3.25. The number of hydrogen-bond acceptors (Lipinski definition) is 2. The molecule has 3 heteroatoms. The van der Waals surface area contributed by atoms with Crippen LogP contribution in [0, 0.1) is 0 Å². The summed E-state index contributed by atoms with van der Waals surface area (Å²) in [6, 6.07) is 7.49. The quantitative estimate of drug-likeness (QED) is 0.743. The van der Waals surface area contributed by atoms with Crippen LogP contribution in [0.1, 0.15) is 23.6 Å². The lowest BCUT2D eigenvalue weighted by Crippen LogP contribution is -2.53. The van der Waals surface area contributed by atoms with Crippen LogP contribution in [-0.2, 0) is 6.42 Å². The highest BCUT2D eigenvalue weighted by molar-refractivity contribution is 6.30. The largest absolute Gasteiger partial charge is 0.307 e. The number of halogens is 1. The molecule has 2 atom stereocenters. The third-order valence-electron chi connectivity index (χ3n) is 3.93. The van der Waals surface area contributed by atoms with Gasteiger partial charge in [0.2, 0.25) is 0 Å². The van der Waals surface area contributed by atoms with Crippen molar-refractivity contribution in [3.05, 3.63) is 34.3 Å². The van der Waals surface area contributed by atoms with Crippen molar-refractivity contribution in [2.45, 2.75) is 24.9 Å². The molecule has 1 aliphatic heterocycles. The van der Waals surface area contributed by atoms with Crippen LogP contribution in [-0.4, -0.2) is 31.1 Å². The van der Waals surface area contributed by atoms with Gasteiger partial charge in [-0.25, -0.2) is 0 Å². The first-order valence-corrected chi connectivity index (χ1v) is 6.35. The molecule has 0 spiro atoms. The zero-order valence-corrected chi connectivity index (χ0v) is 10.3. The van der Waals surface area contributed by atoms with Crippen LogP contribution in [0.5, 0.6) is 0 Å². The molecule has 0 amide bonds. The third-order valence-corrected chi connectivity index (χ3v) is 4.16. The highest BCUT2D eigenvalue weighted by Crippen LogP contribution is 2.35. The van der Waals surface area contributed by atoms with Crippen molar-refractivity contribution in [1.29, 1.82) is 0 Å². The predicted molar refractivity (Wildman–Crippen MR) is 66.9 cm³/mol. The molecular weight excluding hydrogens is 220 g/mol. The van der Waals surface area contributed by atoms with Gasteiger partial charge in [-0.3, -0.25) is 0 Å². The molecule has 86 valence electrons. The summed E-state index contributed by atoms with van der Waals surface area (Å²) >= 11 is 6.05. The lowest BCUT2D eigenvalue weighted by atomic mass is 9.82. The smallest absolute Gasteiger partial charge is 0.0481 e. The number of aryl methyl sites for hydroxylation is 1. The number of nitrogens with one attached hydrogen (secondary N) is 1. The summed E-state index contributed by atoms with van der Waals surface area (Å²) in [5.41, 5.74) is 2.88. The molecule has 0 bridgehead atoms. The number of nitrogens with zero attached hydrogens (tertiary/aromatic N) is 1. The second-order valence-electron chi connectivity index (χ2n) is 4.86. The van der Waals surface area contributed by atoms with E-state index in [0.717, 1.165) is 24.5 Å². The standard InChI is InChI=1S/C13H17ClN2/c1-16-7-6-15-13-11-4-3-10(14)8-9(11)2-5-12(13)16/h3-4,8,12-13,15H,2,5-7H2,1H3. The minimum Gasteiger partial charge on any atom is -0.307 e. The maximum Gasteiger partial charge on any atom is 0.0481 e. The zero-order chi connectivity index (χ0) is 11.1. The maximum atomic E-state index is 6.05. The van der Waals surface area contributed by atoms with Gasteiger partial charge in [-0.05, 0) is 43.1 Å². The van der Waals surface area contributed by atoms with E-state index in [2.05, 4.69) is 29.4 Å². The van der Waals surface area contributed by atoms with Crippen molar-refractivity contribution in [2.75, 3.05) is 20.1 Å². The van der Waals surface area contributed by atoms with E-state index in [1.807, 2.05) is 6.07 Å². The number of piperazine rings is 1. The number of rotatable bonds is 0. The van der Waals surface area contributed by atoms with Gasteiger partial charge in [0.05, 0.1) is 0 Å².